The first-order valence-electron chi connectivity index (χ1n) is 10.5. The molecule has 12 heteroatoms. The SMILES string of the molecule is O=C(O)c1ccn(Cc2cn(-c3ccc(C(=O)NCc4ccn(C5CCC5)n4)nc3)nn2)n1. The Kier molecular flexibility index (Phi) is 5.39. The average Bonchev–Trinajstić information content (AvgIpc) is 3.53. The van der Waals surface area contributed by atoms with Gasteiger partial charge in [-0.1, -0.05) is 5.21 Å². The number of nitrogens with zero attached hydrogens (tertiary/aromatic N) is 8. The Bertz CT molecular complexity index is 1280. The van der Waals surface area contributed by atoms with Crippen LogP contribution in [0.15, 0.2) is 49.1 Å². The van der Waals surface area contributed by atoms with Gasteiger partial charge in [-0.15, -0.1) is 5.10 Å². The van der Waals surface area contributed by atoms with Crippen molar-refractivity contribution in [3.63, 3.8) is 0 Å². The number of carboxylic acids is 1. The summed E-state index contributed by atoms with van der Waals surface area (Å²) >= 11 is 0. The summed E-state index contributed by atoms with van der Waals surface area (Å²) in [7, 11) is 0. The van der Waals surface area contributed by atoms with E-state index in [2.05, 4.69) is 30.8 Å². The minimum absolute atomic E-state index is 0.0350. The molecule has 0 spiro atoms. The Labute approximate surface area is 187 Å². The monoisotopic (exact) mass is 447 g/mol. The number of amides is 1. The summed E-state index contributed by atoms with van der Waals surface area (Å²) in [5.74, 6) is -1.37. The van der Waals surface area contributed by atoms with Gasteiger partial charge in [0, 0.05) is 12.4 Å². The maximum Gasteiger partial charge on any atom is 0.356 e. The van der Waals surface area contributed by atoms with Crippen molar-refractivity contribution in [2.75, 3.05) is 0 Å². The molecule has 0 aliphatic heterocycles. The van der Waals surface area contributed by atoms with Crippen LogP contribution in [0.25, 0.3) is 5.69 Å². The second-order valence-corrected chi connectivity index (χ2v) is 7.81. The third kappa shape index (κ3) is 4.49. The largest absolute Gasteiger partial charge is 0.476 e. The zero-order valence-electron chi connectivity index (χ0n) is 17.6. The number of nitrogens with one attached hydrogen (secondary N) is 1. The maximum absolute atomic E-state index is 12.4. The van der Waals surface area contributed by atoms with Crippen LogP contribution in [0.1, 0.15) is 57.7 Å². The first kappa shape index (κ1) is 20.5. The summed E-state index contributed by atoms with van der Waals surface area (Å²) < 4.78 is 4.97. The molecule has 12 nitrogen and oxygen atoms in total. The zero-order valence-corrected chi connectivity index (χ0v) is 17.6. The summed E-state index contributed by atoms with van der Waals surface area (Å²) in [5, 5.41) is 28.4. The Morgan fingerprint density at radius 1 is 1.06 bits per heavy atom. The molecule has 4 heterocycles. The lowest BCUT2D eigenvalue weighted by Crippen LogP contribution is -2.24. The molecule has 0 saturated heterocycles. The van der Waals surface area contributed by atoms with E-state index in [4.69, 9.17) is 5.11 Å². The van der Waals surface area contributed by atoms with E-state index in [1.54, 1.807) is 24.5 Å². The number of carbonyl (C=O) groups excluding carboxylic acids is 1. The molecular weight excluding hydrogens is 426 g/mol. The molecule has 1 fully saturated rings. The zero-order chi connectivity index (χ0) is 22.8. The van der Waals surface area contributed by atoms with Crippen LogP contribution in [0.4, 0.5) is 0 Å². The number of carboxylic acid groups (broad SMARTS) is 1. The first-order valence-corrected chi connectivity index (χ1v) is 10.5. The Balaban J connectivity index is 1.18. The van der Waals surface area contributed by atoms with Crippen LogP contribution >= 0.6 is 0 Å². The van der Waals surface area contributed by atoms with Gasteiger partial charge in [0.2, 0.25) is 0 Å². The molecule has 0 atom stereocenters. The number of carbonyl (C=O) groups is 2. The van der Waals surface area contributed by atoms with Gasteiger partial charge in [-0.2, -0.15) is 10.2 Å². The van der Waals surface area contributed by atoms with E-state index < -0.39 is 5.97 Å². The van der Waals surface area contributed by atoms with Crippen molar-refractivity contribution in [1.29, 1.82) is 0 Å². The summed E-state index contributed by atoms with van der Waals surface area (Å²) in [6.07, 6.45) is 10.3. The fourth-order valence-corrected chi connectivity index (χ4v) is 3.47. The van der Waals surface area contributed by atoms with Crippen molar-refractivity contribution in [3.8, 4) is 5.69 Å². The van der Waals surface area contributed by atoms with E-state index in [0.717, 1.165) is 18.5 Å². The van der Waals surface area contributed by atoms with Gasteiger partial charge in [-0.3, -0.25) is 14.2 Å². The molecule has 1 amide bonds. The Morgan fingerprint density at radius 2 is 1.94 bits per heavy atom. The second kappa shape index (κ2) is 8.65. The van der Waals surface area contributed by atoms with Gasteiger partial charge in [-0.05, 0) is 43.5 Å². The highest BCUT2D eigenvalue weighted by molar-refractivity contribution is 5.92. The first-order chi connectivity index (χ1) is 16.0. The van der Waals surface area contributed by atoms with Gasteiger partial charge in [0.1, 0.15) is 11.4 Å². The smallest absolute Gasteiger partial charge is 0.356 e. The van der Waals surface area contributed by atoms with E-state index in [0.29, 0.717) is 24.0 Å². The lowest BCUT2D eigenvalue weighted by Gasteiger charge is -2.25. The molecule has 0 bridgehead atoms. The van der Waals surface area contributed by atoms with Gasteiger partial charge in [0.25, 0.3) is 5.91 Å². The van der Waals surface area contributed by atoms with Gasteiger partial charge in [0.05, 0.1) is 42.9 Å². The van der Waals surface area contributed by atoms with E-state index >= 15 is 0 Å². The normalized spacial score (nSPS) is 13.6. The molecule has 1 aliphatic rings. The predicted molar refractivity (Wildman–Crippen MR) is 114 cm³/mol. The standard InChI is InChI=1S/C21H21N9O3/c31-20(23-10-14-6-9-29(25-14)16-2-1-3-16)18-5-4-17(11-22-18)30-13-15(24-27-30)12-28-8-7-19(26-28)21(32)33/h4-9,11,13,16H,1-3,10,12H2,(H,23,31)(H,32,33). The molecule has 0 aromatic carbocycles. The van der Waals surface area contributed by atoms with Crippen LogP contribution in [-0.4, -0.2) is 56.5 Å². The van der Waals surface area contributed by atoms with E-state index in [-0.39, 0.29) is 23.8 Å². The molecule has 0 radical (unpaired) electrons. The molecular formula is C21H21N9O3. The van der Waals surface area contributed by atoms with Crippen LogP contribution in [0.3, 0.4) is 0 Å². The fraction of sp³-hybridized carbons (Fsp3) is 0.286. The van der Waals surface area contributed by atoms with E-state index in [1.807, 2.05) is 16.9 Å². The van der Waals surface area contributed by atoms with Crippen molar-refractivity contribution in [3.05, 3.63) is 71.8 Å². The van der Waals surface area contributed by atoms with Gasteiger partial charge < -0.3 is 10.4 Å². The van der Waals surface area contributed by atoms with Gasteiger partial charge in [-0.25, -0.2) is 14.5 Å². The van der Waals surface area contributed by atoms with Crippen molar-refractivity contribution >= 4 is 11.9 Å². The van der Waals surface area contributed by atoms with Crippen molar-refractivity contribution in [1.82, 2.24) is 44.9 Å². The summed E-state index contributed by atoms with van der Waals surface area (Å²) in [6.45, 7) is 0.614. The summed E-state index contributed by atoms with van der Waals surface area (Å²) in [5.41, 5.74) is 2.30. The lowest BCUT2D eigenvalue weighted by atomic mass is 9.93. The van der Waals surface area contributed by atoms with Crippen LogP contribution in [0, 0.1) is 0 Å². The predicted octanol–water partition coefficient (Wildman–Crippen LogP) is 1.46. The van der Waals surface area contributed by atoms with Crippen LogP contribution in [0.2, 0.25) is 0 Å². The van der Waals surface area contributed by atoms with E-state index in [1.165, 1.54) is 28.0 Å². The highest BCUT2D eigenvalue weighted by atomic mass is 16.4. The molecule has 168 valence electrons. The van der Waals surface area contributed by atoms with Crippen molar-refractivity contribution < 1.29 is 14.7 Å². The van der Waals surface area contributed by atoms with Crippen LogP contribution in [-0.2, 0) is 13.1 Å². The van der Waals surface area contributed by atoms with Crippen molar-refractivity contribution in [2.24, 2.45) is 0 Å². The highest BCUT2D eigenvalue weighted by Crippen LogP contribution is 2.30. The van der Waals surface area contributed by atoms with Crippen LogP contribution < -0.4 is 5.32 Å². The lowest BCUT2D eigenvalue weighted by molar-refractivity contribution is 0.0689. The highest BCUT2D eigenvalue weighted by Gasteiger charge is 2.20. The number of hydrogen-bond donors (Lipinski definition) is 2. The second-order valence-electron chi connectivity index (χ2n) is 7.81. The van der Waals surface area contributed by atoms with E-state index in [9.17, 15) is 9.59 Å². The molecule has 1 aliphatic carbocycles. The quantitative estimate of drug-likeness (QED) is 0.413. The van der Waals surface area contributed by atoms with Gasteiger partial charge >= 0.3 is 5.97 Å². The third-order valence-electron chi connectivity index (χ3n) is 5.51. The number of hydrogen-bond acceptors (Lipinski definition) is 7. The van der Waals surface area contributed by atoms with Crippen molar-refractivity contribution in [2.45, 2.75) is 38.4 Å². The summed E-state index contributed by atoms with van der Waals surface area (Å²) in [4.78, 5) is 27.6. The number of pyridine rings is 1. The topological polar surface area (TPSA) is 146 Å². The molecule has 4 aromatic heterocycles. The van der Waals surface area contributed by atoms with Crippen LogP contribution in [0.5, 0.6) is 0 Å². The summed E-state index contributed by atoms with van der Waals surface area (Å²) in [6, 6.07) is 7.17. The third-order valence-corrected chi connectivity index (χ3v) is 5.51. The minimum Gasteiger partial charge on any atom is -0.476 e. The average molecular weight is 447 g/mol. The fourth-order valence-electron chi connectivity index (χ4n) is 3.47. The molecule has 1 saturated carbocycles. The molecule has 4 aromatic rings. The number of rotatable bonds is 8. The Morgan fingerprint density at radius 3 is 2.64 bits per heavy atom. The van der Waals surface area contributed by atoms with Gasteiger partial charge in [0.15, 0.2) is 5.69 Å². The maximum atomic E-state index is 12.4. The number of aromatic carboxylic acids is 1. The molecule has 33 heavy (non-hydrogen) atoms. The molecule has 0 unspecified atom stereocenters. The molecule has 2 N–H and O–H groups in total. The Hall–Kier alpha value is -4.35. The number of aromatic nitrogens is 8. The molecule has 5 rings (SSSR count). The minimum atomic E-state index is -1.09.